The van der Waals surface area contributed by atoms with Crippen LogP contribution in [0.4, 0.5) is 5.82 Å². The highest BCUT2D eigenvalue weighted by atomic mass is 35.5. The van der Waals surface area contributed by atoms with E-state index >= 15 is 0 Å². The Bertz CT molecular complexity index is 1250. The van der Waals surface area contributed by atoms with E-state index in [4.69, 9.17) is 21.7 Å². The van der Waals surface area contributed by atoms with E-state index in [9.17, 15) is 15.2 Å². The lowest BCUT2D eigenvalue weighted by Gasteiger charge is -2.34. The van der Waals surface area contributed by atoms with Gasteiger partial charge in [-0.3, -0.25) is 4.79 Å². The molecule has 3 aromatic rings. The molecule has 170 valence electrons. The summed E-state index contributed by atoms with van der Waals surface area (Å²) in [4.78, 5) is 26.0. The van der Waals surface area contributed by atoms with Crippen molar-refractivity contribution in [2.24, 2.45) is 5.92 Å². The van der Waals surface area contributed by atoms with Gasteiger partial charge in [-0.15, -0.1) is 0 Å². The molecule has 3 atom stereocenters. The maximum absolute atomic E-state index is 13.3. The minimum absolute atomic E-state index is 0.189. The lowest BCUT2D eigenvalue weighted by atomic mass is 9.99. The van der Waals surface area contributed by atoms with Crippen molar-refractivity contribution >= 4 is 29.0 Å². The summed E-state index contributed by atoms with van der Waals surface area (Å²) < 4.78 is 1.73. The van der Waals surface area contributed by atoms with Gasteiger partial charge in [0.05, 0.1) is 34.8 Å². The van der Waals surface area contributed by atoms with Crippen LogP contribution in [0, 0.1) is 24.2 Å². The number of nitrogens with zero attached hydrogens (tertiary/aromatic N) is 7. The van der Waals surface area contributed by atoms with Crippen LogP contribution >= 0.6 is 11.6 Å². The van der Waals surface area contributed by atoms with Crippen LogP contribution < -0.4 is 4.90 Å². The molecule has 3 aromatic heterocycles. The molecule has 2 aliphatic heterocycles. The molecule has 0 radical (unpaired) electrons. The zero-order valence-electron chi connectivity index (χ0n) is 18.2. The largest absolute Gasteiger partial charge is 0.390 e. The average Bonchev–Trinajstić information content (AvgIpc) is 3.40. The fraction of sp³-hybridized carbons (Fsp3) is 0.435. The number of pyridine rings is 1. The molecule has 5 rings (SSSR count). The van der Waals surface area contributed by atoms with Gasteiger partial charge in [0.2, 0.25) is 0 Å². The SMILES string of the molecule is Cc1cn2nc([C@H]3CCCCN3C(=O)c3ncccc3Cl)cc2nc1N1C[C@@H](C#N)[C@@H](O)C1. The van der Waals surface area contributed by atoms with Crippen molar-refractivity contribution in [3.63, 3.8) is 0 Å². The van der Waals surface area contributed by atoms with E-state index in [1.165, 1.54) is 0 Å². The van der Waals surface area contributed by atoms with Crippen molar-refractivity contribution in [2.45, 2.75) is 38.3 Å². The van der Waals surface area contributed by atoms with Crippen LogP contribution in [0.15, 0.2) is 30.6 Å². The number of carbonyl (C=O) groups excluding carboxylic acids is 1. The second-order valence-electron chi connectivity index (χ2n) is 8.67. The van der Waals surface area contributed by atoms with Crippen molar-refractivity contribution in [1.82, 2.24) is 24.5 Å². The lowest BCUT2D eigenvalue weighted by molar-refractivity contribution is 0.0600. The first-order valence-corrected chi connectivity index (χ1v) is 11.4. The number of piperidine rings is 1. The summed E-state index contributed by atoms with van der Waals surface area (Å²) in [7, 11) is 0. The van der Waals surface area contributed by atoms with E-state index in [-0.39, 0.29) is 17.6 Å². The second kappa shape index (κ2) is 8.61. The number of hydrogen-bond donors (Lipinski definition) is 1. The number of amides is 1. The van der Waals surface area contributed by atoms with Crippen LogP contribution in [-0.2, 0) is 0 Å². The predicted molar refractivity (Wildman–Crippen MR) is 122 cm³/mol. The molecule has 1 amide bonds. The third-order valence-corrected chi connectivity index (χ3v) is 6.75. The Labute approximate surface area is 196 Å². The maximum Gasteiger partial charge on any atom is 0.274 e. The van der Waals surface area contributed by atoms with Gasteiger partial charge in [0.15, 0.2) is 5.65 Å². The number of nitriles is 1. The number of aromatic nitrogens is 4. The molecular formula is C23H24ClN7O2. The zero-order valence-corrected chi connectivity index (χ0v) is 19.0. The summed E-state index contributed by atoms with van der Waals surface area (Å²) in [6.45, 7) is 3.37. The third-order valence-electron chi connectivity index (χ3n) is 6.44. The van der Waals surface area contributed by atoms with Crippen molar-refractivity contribution in [3.8, 4) is 6.07 Å². The van der Waals surface area contributed by atoms with Gasteiger partial charge in [-0.2, -0.15) is 10.4 Å². The van der Waals surface area contributed by atoms with E-state index in [0.29, 0.717) is 30.3 Å². The van der Waals surface area contributed by atoms with Gasteiger partial charge >= 0.3 is 0 Å². The number of anilines is 1. The quantitative estimate of drug-likeness (QED) is 0.633. The van der Waals surface area contributed by atoms with Gasteiger partial charge in [0.25, 0.3) is 5.91 Å². The molecule has 0 aliphatic carbocycles. The Morgan fingerprint density at radius 3 is 2.94 bits per heavy atom. The summed E-state index contributed by atoms with van der Waals surface area (Å²) in [5, 5.41) is 24.5. The molecule has 5 heterocycles. The average molecular weight is 466 g/mol. The minimum Gasteiger partial charge on any atom is -0.390 e. The van der Waals surface area contributed by atoms with Crippen molar-refractivity contribution < 1.29 is 9.90 Å². The van der Waals surface area contributed by atoms with E-state index in [2.05, 4.69) is 11.1 Å². The highest BCUT2D eigenvalue weighted by Gasteiger charge is 2.34. The van der Waals surface area contributed by atoms with Crippen molar-refractivity contribution in [1.29, 1.82) is 5.26 Å². The van der Waals surface area contributed by atoms with E-state index in [1.54, 1.807) is 22.8 Å². The molecular weight excluding hydrogens is 442 g/mol. The Morgan fingerprint density at radius 1 is 1.33 bits per heavy atom. The van der Waals surface area contributed by atoms with Crippen LogP contribution in [0.5, 0.6) is 0 Å². The normalized spacial score (nSPS) is 23.2. The molecule has 1 N–H and O–H groups in total. The molecule has 2 saturated heterocycles. The third kappa shape index (κ3) is 3.90. The summed E-state index contributed by atoms with van der Waals surface area (Å²) in [6.07, 6.45) is 5.50. The number of halogens is 1. The van der Waals surface area contributed by atoms with E-state index in [0.717, 1.165) is 36.3 Å². The summed E-state index contributed by atoms with van der Waals surface area (Å²) >= 11 is 6.24. The molecule has 9 nitrogen and oxygen atoms in total. The summed E-state index contributed by atoms with van der Waals surface area (Å²) in [5.41, 5.74) is 2.59. The van der Waals surface area contributed by atoms with Crippen LogP contribution in [0.25, 0.3) is 5.65 Å². The maximum atomic E-state index is 13.3. The first-order chi connectivity index (χ1) is 16.0. The van der Waals surface area contributed by atoms with Crippen molar-refractivity contribution in [2.75, 3.05) is 24.5 Å². The molecule has 0 aromatic carbocycles. The molecule has 2 aliphatic rings. The number of carbonyl (C=O) groups is 1. The number of aliphatic hydroxyl groups is 1. The van der Waals surface area contributed by atoms with Crippen LogP contribution in [0.1, 0.15) is 47.1 Å². The standard InChI is InChI=1S/C23H24ClN7O2/c1-14-11-31-20(27-22(14)29-12-15(10-25)19(32)13-29)9-17(28-31)18-6-2-3-8-30(18)23(33)21-16(24)5-4-7-26-21/h4-5,7,9,11,15,18-19,32H,2-3,6,8,12-13H2,1H3/t15-,18-,19+/m1/s1. The Kier molecular flexibility index (Phi) is 5.64. The van der Waals surface area contributed by atoms with Crippen LogP contribution in [0.2, 0.25) is 5.02 Å². The molecule has 0 unspecified atom stereocenters. The number of aryl methyl sites for hydroxylation is 1. The summed E-state index contributed by atoms with van der Waals surface area (Å²) in [5.74, 6) is 0.117. The monoisotopic (exact) mass is 465 g/mol. The number of β-amino-alcohol motifs (C(OH)–C–C–N with tert-alkyl or cyclic N) is 1. The fourth-order valence-corrected chi connectivity index (χ4v) is 4.95. The van der Waals surface area contributed by atoms with Crippen LogP contribution in [-0.4, -0.2) is 61.2 Å². The highest BCUT2D eigenvalue weighted by Crippen LogP contribution is 2.33. The Balaban J connectivity index is 1.47. The highest BCUT2D eigenvalue weighted by molar-refractivity contribution is 6.33. The number of fused-ring (bicyclic) bond motifs is 1. The molecule has 0 spiro atoms. The van der Waals surface area contributed by atoms with E-state index in [1.807, 2.05) is 29.0 Å². The first kappa shape index (κ1) is 21.6. The molecule has 0 saturated carbocycles. The molecule has 0 bridgehead atoms. The fourth-order valence-electron chi connectivity index (χ4n) is 4.75. The zero-order chi connectivity index (χ0) is 23.1. The van der Waals surface area contributed by atoms with Gasteiger partial charge in [-0.25, -0.2) is 14.5 Å². The Hall–Kier alpha value is -3.22. The lowest BCUT2D eigenvalue weighted by Crippen LogP contribution is -2.39. The first-order valence-electron chi connectivity index (χ1n) is 11.1. The van der Waals surface area contributed by atoms with Gasteiger partial charge in [-0.05, 0) is 38.3 Å². The topological polar surface area (TPSA) is 111 Å². The van der Waals surface area contributed by atoms with Gasteiger partial charge in [-0.1, -0.05) is 11.6 Å². The smallest absolute Gasteiger partial charge is 0.274 e. The van der Waals surface area contributed by atoms with Gasteiger partial charge in [0.1, 0.15) is 11.5 Å². The Morgan fingerprint density at radius 2 is 2.18 bits per heavy atom. The van der Waals surface area contributed by atoms with Gasteiger partial charge < -0.3 is 14.9 Å². The molecule has 10 heteroatoms. The second-order valence-corrected chi connectivity index (χ2v) is 9.08. The number of hydrogen-bond acceptors (Lipinski definition) is 7. The molecule has 33 heavy (non-hydrogen) atoms. The van der Waals surface area contributed by atoms with Gasteiger partial charge in [0, 0.05) is 43.7 Å². The molecule has 2 fully saturated rings. The number of rotatable bonds is 3. The predicted octanol–water partition coefficient (Wildman–Crippen LogP) is 2.77. The van der Waals surface area contributed by atoms with Crippen molar-refractivity contribution in [3.05, 3.63) is 52.6 Å². The number of likely N-dealkylation sites (tertiary alicyclic amines) is 1. The number of aliphatic hydroxyl groups excluding tert-OH is 1. The van der Waals surface area contributed by atoms with E-state index < -0.39 is 12.0 Å². The minimum atomic E-state index is -0.687. The van der Waals surface area contributed by atoms with Crippen LogP contribution in [0.3, 0.4) is 0 Å². The summed E-state index contributed by atoms with van der Waals surface area (Å²) in [6, 6.07) is 7.26.